The minimum absolute atomic E-state index is 0.0608. The van der Waals surface area contributed by atoms with Crippen molar-refractivity contribution in [3.63, 3.8) is 0 Å². The Morgan fingerprint density at radius 1 is 1.00 bits per heavy atom. The van der Waals surface area contributed by atoms with Crippen LogP contribution in [0, 0.1) is 5.82 Å². The standard InChI is InChI=1S/C23H34FN3O4S/c24-21-8-7-19(32(29,30)27-13-15-31-16-14-27)17-20(21)22(28)25-18-23(9-3-1-4-10-23)26-11-5-2-6-12-26/h7-8,17H,1-6,9-16,18H2,(H,25,28). The molecule has 3 aliphatic rings. The summed E-state index contributed by atoms with van der Waals surface area (Å²) in [5.74, 6) is -1.26. The molecule has 0 aromatic heterocycles. The maximum atomic E-state index is 14.6. The number of hydrogen-bond acceptors (Lipinski definition) is 5. The normalized spacial score (nSPS) is 23.0. The molecule has 178 valence electrons. The molecule has 0 unspecified atom stereocenters. The van der Waals surface area contributed by atoms with Gasteiger partial charge in [0, 0.05) is 25.2 Å². The molecule has 4 rings (SSSR count). The highest BCUT2D eigenvalue weighted by Gasteiger charge is 2.39. The molecule has 3 fully saturated rings. The largest absolute Gasteiger partial charge is 0.379 e. The van der Waals surface area contributed by atoms with Gasteiger partial charge in [0.2, 0.25) is 10.0 Å². The summed E-state index contributed by atoms with van der Waals surface area (Å²) in [6.45, 7) is 3.69. The number of carbonyl (C=O) groups excluding carboxylic acids is 1. The molecule has 1 saturated carbocycles. The summed E-state index contributed by atoms with van der Waals surface area (Å²) in [5.41, 5.74) is -0.300. The van der Waals surface area contributed by atoms with E-state index in [0.29, 0.717) is 19.8 Å². The summed E-state index contributed by atoms with van der Waals surface area (Å²) in [5, 5.41) is 2.96. The fourth-order valence-corrected chi connectivity index (χ4v) is 6.73. The van der Waals surface area contributed by atoms with E-state index in [1.54, 1.807) is 0 Å². The van der Waals surface area contributed by atoms with Gasteiger partial charge in [0.05, 0.1) is 23.7 Å². The fraction of sp³-hybridized carbons (Fsp3) is 0.696. The number of amides is 1. The van der Waals surface area contributed by atoms with E-state index in [9.17, 15) is 17.6 Å². The first-order valence-electron chi connectivity index (χ1n) is 11.8. The fourth-order valence-electron chi connectivity index (χ4n) is 5.30. The van der Waals surface area contributed by atoms with E-state index < -0.39 is 21.7 Å². The Morgan fingerprint density at radius 3 is 2.34 bits per heavy atom. The van der Waals surface area contributed by atoms with Gasteiger partial charge in [-0.15, -0.1) is 0 Å². The van der Waals surface area contributed by atoms with Gasteiger partial charge in [-0.1, -0.05) is 25.7 Å². The Labute approximate surface area is 190 Å². The van der Waals surface area contributed by atoms with Crippen LogP contribution in [0.1, 0.15) is 61.7 Å². The van der Waals surface area contributed by atoms with E-state index in [0.717, 1.165) is 44.8 Å². The third kappa shape index (κ3) is 5.00. The number of rotatable bonds is 6. The molecule has 0 atom stereocenters. The maximum Gasteiger partial charge on any atom is 0.254 e. The molecule has 9 heteroatoms. The van der Waals surface area contributed by atoms with Gasteiger partial charge in [-0.2, -0.15) is 4.31 Å². The van der Waals surface area contributed by atoms with Gasteiger partial charge in [0.25, 0.3) is 5.91 Å². The Morgan fingerprint density at radius 2 is 1.66 bits per heavy atom. The third-order valence-corrected chi connectivity index (χ3v) is 9.07. The predicted octanol–water partition coefficient (Wildman–Crippen LogP) is 2.77. The minimum atomic E-state index is -3.80. The molecule has 1 aromatic carbocycles. The zero-order valence-corrected chi connectivity index (χ0v) is 19.5. The van der Waals surface area contributed by atoms with Crippen molar-refractivity contribution in [2.24, 2.45) is 0 Å². The molecular formula is C23H34FN3O4S. The number of likely N-dealkylation sites (tertiary alicyclic amines) is 1. The number of benzene rings is 1. The van der Waals surface area contributed by atoms with Gasteiger partial charge in [0.1, 0.15) is 5.82 Å². The lowest BCUT2D eigenvalue weighted by molar-refractivity contribution is 0.0326. The predicted molar refractivity (Wildman–Crippen MR) is 120 cm³/mol. The van der Waals surface area contributed by atoms with Crippen LogP contribution >= 0.6 is 0 Å². The number of ether oxygens (including phenoxy) is 1. The van der Waals surface area contributed by atoms with E-state index >= 15 is 0 Å². The van der Waals surface area contributed by atoms with Crippen LogP contribution in [0.25, 0.3) is 0 Å². The molecule has 0 radical (unpaired) electrons. The van der Waals surface area contributed by atoms with Crippen molar-refractivity contribution >= 4 is 15.9 Å². The summed E-state index contributed by atoms with van der Waals surface area (Å²) < 4.78 is 47.0. The molecule has 0 bridgehead atoms. The first-order valence-corrected chi connectivity index (χ1v) is 13.3. The topological polar surface area (TPSA) is 79.0 Å². The van der Waals surface area contributed by atoms with Gasteiger partial charge in [-0.05, 0) is 57.0 Å². The van der Waals surface area contributed by atoms with Crippen molar-refractivity contribution in [2.45, 2.75) is 61.8 Å². The van der Waals surface area contributed by atoms with Crippen LogP contribution in [0.15, 0.2) is 23.1 Å². The number of nitrogens with zero attached hydrogens (tertiary/aromatic N) is 2. The molecule has 1 N–H and O–H groups in total. The van der Waals surface area contributed by atoms with Gasteiger partial charge < -0.3 is 10.1 Å². The number of morpholine rings is 1. The van der Waals surface area contributed by atoms with Crippen LogP contribution in [0.3, 0.4) is 0 Å². The van der Waals surface area contributed by atoms with Crippen LogP contribution in [-0.4, -0.2) is 75.0 Å². The summed E-state index contributed by atoms with van der Waals surface area (Å²) in [7, 11) is -3.80. The smallest absolute Gasteiger partial charge is 0.254 e. The lowest BCUT2D eigenvalue weighted by Gasteiger charge is -2.48. The molecule has 2 aliphatic heterocycles. The molecule has 0 spiro atoms. The van der Waals surface area contributed by atoms with Crippen molar-refractivity contribution in [3.05, 3.63) is 29.6 Å². The average Bonchev–Trinajstić information content (AvgIpc) is 2.84. The Balaban J connectivity index is 1.50. The second-order valence-corrected chi connectivity index (χ2v) is 11.1. The Hall–Kier alpha value is -1.55. The van der Waals surface area contributed by atoms with Gasteiger partial charge in [-0.25, -0.2) is 12.8 Å². The van der Waals surface area contributed by atoms with Gasteiger partial charge in [0.15, 0.2) is 0 Å². The molecule has 1 aliphatic carbocycles. The molecule has 32 heavy (non-hydrogen) atoms. The van der Waals surface area contributed by atoms with Crippen LogP contribution in [-0.2, 0) is 14.8 Å². The number of carbonyl (C=O) groups is 1. The molecule has 2 saturated heterocycles. The minimum Gasteiger partial charge on any atom is -0.379 e. The van der Waals surface area contributed by atoms with Gasteiger partial charge >= 0.3 is 0 Å². The highest BCUT2D eigenvalue weighted by molar-refractivity contribution is 7.89. The summed E-state index contributed by atoms with van der Waals surface area (Å²) in [6.07, 6.45) is 9.12. The molecular weight excluding hydrogens is 433 g/mol. The van der Waals surface area contributed by atoms with Crippen molar-refractivity contribution in [3.8, 4) is 0 Å². The van der Waals surface area contributed by atoms with E-state index in [1.165, 1.54) is 42.1 Å². The van der Waals surface area contributed by atoms with E-state index in [-0.39, 0.29) is 29.1 Å². The van der Waals surface area contributed by atoms with Crippen LogP contribution in [0.4, 0.5) is 4.39 Å². The second kappa shape index (κ2) is 10.2. The quantitative estimate of drug-likeness (QED) is 0.696. The van der Waals surface area contributed by atoms with Crippen molar-refractivity contribution in [2.75, 3.05) is 45.9 Å². The second-order valence-electron chi connectivity index (χ2n) is 9.17. The van der Waals surface area contributed by atoms with E-state index in [4.69, 9.17) is 4.74 Å². The first-order chi connectivity index (χ1) is 15.4. The summed E-state index contributed by atoms with van der Waals surface area (Å²) in [6, 6.07) is 3.47. The number of sulfonamides is 1. The molecule has 7 nitrogen and oxygen atoms in total. The van der Waals surface area contributed by atoms with Crippen molar-refractivity contribution in [1.82, 2.24) is 14.5 Å². The van der Waals surface area contributed by atoms with Crippen molar-refractivity contribution < 1.29 is 22.3 Å². The Kier molecular flexibility index (Phi) is 7.49. The van der Waals surface area contributed by atoms with Crippen LogP contribution in [0.5, 0.6) is 0 Å². The SMILES string of the molecule is O=C(NCC1(N2CCCCC2)CCCCC1)c1cc(S(=O)(=O)N2CCOCC2)ccc1F. The molecule has 1 aromatic rings. The highest BCUT2D eigenvalue weighted by atomic mass is 32.2. The zero-order chi connectivity index (χ0) is 22.6. The number of piperidine rings is 1. The van der Waals surface area contributed by atoms with Crippen molar-refractivity contribution in [1.29, 1.82) is 0 Å². The van der Waals surface area contributed by atoms with E-state index in [1.807, 2.05) is 0 Å². The number of hydrogen-bond donors (Lipinski definition) is 1. The maximum absolute atomic E-state index is 14.6. The number of halogens is 1. The molecule has 1 amide bonds. The van der Waals surface area contributed by atoms with Crippen LogP contribution < -0.4 is 5.32 Å². The zero-order valence-electron chi connectivity index (χ0n) is 18.7. The third-order valence-electron chi connectivity index (χ3n) is 7.18. The van der Waals surface area contributed by atoms with E-state index in [2.05, 4.69) is 10.2 Å². The van der Waals surface area contributed by atoms with Crippen LogP contribution in [0.2, 0.25) is 0 Å². The first kappa shape index (κ1) is 23.6. The monoisotopic (exact) mass is 467 g/mol. The average molecular weight is 468 g/mol. The lowest BCUT2D eigenvalue weighted by Crippen LogP contribution is -2.58. The lowest BCUT2D eigenvalue weighted by atomic mass is 9.79. The summed E-state index contributed by atoms with van der Waals surface area (Å²) >= 11 is 0. The van der Waals surface area contributed by atoms with Gasteiger partial charge in [-0.3, -0.25) is 9.69 Å². The summed E-state index contributed by atoms with van der Waals surface area (Å²) in [4.78, 5) is 15.4. The highest BCUT2D eigenvalue weighted by Crippen LogP contribution is 2.35. The Bertz CT molecular complexity index is 906. The number of nitrogens with one attached hydrogen (secondary N) is 1. The molecule has 2 heterocycles.